The van der Waals surface area contributed by atoms with Crippen LogP contribution in [0.2, 0.25) is 0 Å². The molecule has 2 aliphatic rings. The average Bonchev–Trinajstić information content (AvgIpc) is 3.20. The molecule has 1 fully saturated rings. The van der Waals surface area contributed by atoms with E-state index in [1.54, 1.807) is 20.0 Å². The van der Waals surface area contributed by atoms with Crippen molar-refractivity contribution in [2.24, 2.45) is 5.92 Å². The first kappa shape index (κ1) is 18.3. The highest BCUT2D eigenvalue weighted by Crippen LogP contribution is 2.40. The highest BCUT2D eigenvalue weighted by atomic mass is 32.1. The lowest BCUT2D eigenvalue weighted by Crippen LogP contribution is -2.35. The van der Waals surface area contributed by atoms with Crippen LogP contribution in [0.3, 0.4) is 0 Å². The van der Waals surface area contributed by atoms with Gasteiger partial charge in [0.2, 0.25) is 5.95 Å². The number of carbonyl (C=O) groups excluding carboxylic acids is 1. The molecule has 146 valence electrons. The molecular formula is C17H22N4O5S. The number of nitrogens with one attached hydrogen (secondary N) is 1. The smallest absolute Gasteiger partial charge is 0.328 e. The molecule has 0 saturated carbocycles. The fourth-order valence-corrected chi connectivity index (χ4v) is 4.48. The van der Waals surface area contributed by atoms with E-state index >= 15 is 0 Å². The molecule has 2 aliphatic heterocycles. The molecule has 10 heteroatoms. The fourth-order valence-electron chi connectivity index (χ4n) is 3.66. The number of esters is 1. The number of hydrogen-bond donors (Lipinski definition) is 2. The number of hydrogen-bond acceptors (Lipinski definition) is 9. The van der Waals surface area contributed by atoms with Crippen molar-refractivity contribution in [2.45, 2.75) is 64.2 Å². The van der Waals surface area contributed by atoms with E-state index < -0.39 is 36.6 Å². The summed E-state index contributed by atoms with van der Waals surface area (Å²) in [4.78, 5) is 33.5. The molecule has 0 aliphatic carbocycles. The predicted molar refractivity (Wildman–Crippen MR) is 98.6 cm³/mol. The van der Waals surface area contributed by atoms with Crippen LogP contribution in [0.25, 0.3) is 10.3 Å². The number of cyclic esters (lactones) is 1. The topological polar surface area (TPSA) is 116 Å². The van der Waals surface area contributed by atoms with E-state index in [1.165, 1.54) is 4.57 Å². The molecule has 2 N–H and O–H groups in total. The van der Waals surface area contributed by atoms with Crippen LogP contribution in [0.15, 0.2) is 11.0 Å². The molecule has 4 rings (SSSR count). The van der Waals surface area contributed by atoms with Crippen LogP contribution in [0.1, 0.15) is 39.8 Å². The van der Waals surface area contributed by atoms with Crippen molar-refractivity contribution in [1.82, 2.24) is 14.5 Å². The van der Waals surface area contributed by atoms with E-state index in [9.17, 15) is 14.7 Å². The number of carbonyl (C=O) groups is 1. The van der Waals surface area contributed by atoms with Crippen LogP contribution >= 0.6 is 11.3 Å². The average molecular weight is 394 g/mol. The maximum Gasteiger partial charge on any atom is 0.328 e. The Labute approximate surface area is 159 Å². The largest absolute Gasteiger partial charge is 0.461 e. The van der Waals surface area contributed by atoms with E-state index in [-0.39, 0.29) is 16.7 Å². The Morgan fingerprint density at radius 1 is 1.44 bits per heavy atom. The number of aliphatic hydroxyl groups is 1. The van der Waals surface area contributed by atoms with E-state index in [2.05, 4.69) is 15.3 Å². The van der Waals surface area contributed by atoms with Gasteiger partial charge in [-0.25, -0.2) is 9.78 Å². The lowest BCUT2D eigenvalue weighted by atomic mass is 9.95. The van der Waals surface area contributed by atoms with Crippen molar-refractivity contribution in [1.29, 1.82) is 0 Å². The molecule has 1 saturated heterocycles. The zero-order valence-electron chi connectivity index (χ0n) is 15.3. The lowest BCUT2D eigenvalue weighted by Gasteiger charge is -2.25. The molecule has 0 amide bonds. The fraction of sp³-hybridized carbons (Fsp3) is 0.647. The van der Waals surface area contributed by atoms with Crippen LogP contribution < -0.4 is 10.2 Å². The van der Waals surface area contributed by atoms with E-state index in [1.807, 2.05) is 6.92 Å². The Bertz CT molecular complexity index is 928. The molecule has 2 aromatic heterocycles. The minimum Gasteiger partial charge on any atom is -0.461 e. The molecule has 6 atom stereocenters. The molecule has 2 bridgehead atoms. The molecule has 4 heterocycles. The number of nitrogens with zero attached hydrogens (tertiary/aromatic N) is 3. The van der Waals surface area contributed by atoms with Crippen molar-refractivity contribution >= 4 is 33.6 Å². The number of rotatable bonds is 2. The van der Waals surface area contributed by atoms with Crippen LogP contribution in [0.4, 0.5) is 5.95 Å². The minimum absolute atomic E-state index is 0.219. The second kappa shape index (κ2) is 6.84. The van der Waals surface area contributed by atoms with Crippen molar-refractivity contribution in [2.75, 3.05) is 5.32 Å². The van der Waals surface area contributed by atoms with Gasteiger partial charge in [-0.1, -0.05) is 18.3 Å². The number of aliphatic hydroxyl groups excluding tert-OH is 1. The van der Waals surface area contributed by atoms with Gasteiger partial charge in [0, 0.05) is 5.92 Å². The zero-order chi connectivity index (χ0) is 19.3. The van der Waals surface area contributed by atoms with Gasteiger partial charge in [0.15, 0.2) is 5.65 Å². The predicted octanol–water partition coefficient (Wildman–Crippen LogP) is 1.27. The number of aromatic nitrogens is 3. The third-order valence-corrected chi connectivity index (χ3v) is 6.13. The summed E-state index contributed by atoms with van der Waals surface area (Å²) in [7, 11) is 0. The van der Waals surface area contributed by atoms with Crippen LogP contribution in [-0.2, 0) is 14.3 Å². The van der Waals surface area contributed by atoms with Gasteiger partial charge in [-0.05, 0) is 26.7 Å². The second-order valence-electron chi connectivity index (χ2n) is 7.07. The van der Waals surface area contributed by atoms with E-state index in [4.69, 9.17) is 9.47 Å². The van der Waals surface area contributed by atoms with Crippen molar-refractivity contribution in [3.63, 3.8) is 0 Å². The summed E-state index contributed by atoms with van der Waals surface area (Å²) in [6, 6.07) is -0.639. The van der Waals surface area contributed by atoms with Crippen LogP contribution in [0, 0.1) is 5.92 Å². The normalized spacial score (nSPS) is 31.9. The highest BCUT2D eigenvalue weighted by Gasteiger charge is 2.45. The Morgan fingerprint density at radius 2 is 2.22 bits per heavy atom. The zero-order valence-corrected chi connectivity index (χ0v) is 16.1. The molecule has 0 radical (unpaired) electrons. The van der Waals surface area contributed by atoms with Gasteiger partial charge in [-0.15, -0.1) is 0 Å². The standard InChI is InChI=1S/C17H22N4O5S/c1-4-10(22)11-5-9-8(3)25-15(23)7(2)19-16-18-6-12-13(20-16)21(14(9)26-11)17(24)27-12/h6-11,14,22H,4-5H2,1-3H3,(H,18,19,20)/t7?,8-,9+,10+,11+,14-/m1/s1. The summed E-state index contributed by atoms with van der Waals surface area (Å²) >= 11 is 1.05. The van der Waals surface area contributed by atoms with Crippen LogP contribution in [-0.4, -0.2) is 50.0 Å². The summed E-state index contributed by atoms with van der Waals surface area (Å²) in [5.74, 6) is -0.465. The summed E-state index contributed by atoms with van der Waals surface area (Å²) in [6.07, 6.45) is 0.327. The van der Waals surface area contributed by atoms with Crippen molar-refractivity contribution in [3.8, 4) is 0 Å². The Balaban J connectivity index is 1.86. The number of thiazole rings is 1. The van der Waals surface area contributed by atoms with Gasteiger partial charge < -0.3 is 19.9 Å². The van der Waals surface area contributed by atoms with Crippen molar-refractivity contribution in [3.05, 3.63) is 15.9 Å². The Kier molecular flexibility index (Phi) is 4.65. The molecule has 0 aromatic carbocycles. The quantitative estimate of drug-likeness (QED) is 0.732. The summed E-state index contributed by atoms with van der Waals surface area (Å²) in [6.45, 7) is 5.34. The molecule has 27 heavy (non-hydrogen) atoms. The van der Waals surface area contributed by atoms with Gasteiger partial charge >= 0.3 is 10.8 Å². The summed E-state index contributed by atoms with van der Waals surface area (Å²) < 4.78 is 13.9. The highest BCUT2D eigenvalue weighted by molar-refractivity contribution is 7.16. The van der Waals surface area contributed by atoms with Gasteiger partial charge in [0.05, 0.1) is 23.1 Å². The maximum absolute atomic E-state index is 12.7. The molecule has 0 spiro atoms. The lowest BCUT2D eigenvalue weighted by molar-refractivity contribution is -0.153. The number of fused-ring (bicyclic) bond motifs is 3. The Hall–Kier alpha value is -2.04. The van der Waals surface area contributed by atoms with Gasteiger partial charge in [-0.3, -0.25) is 9.36 Å². The SMILES string of the molecule is CC[C@H](O)[C@@H]1C[C@@H]2[C@@H](O1)n1c(=O)sc3cnc(nc31)NC(C)C(=O)O[C@@H]2C. The monoisotopic (exact) mass is 394 g/mol. The van der Waals surface area contributed by atoms with Crippen molar-refractivity contribution < 1.29 is 19.4 Å². The third-order valence-electron chi connectivity index (χ3n) is 5.25. The first-order chi connectivity index (χ1) is 12.9. The molecule has 1 unspecified atom stereocenters. The van der Waals surface area contributed by atoms with Gasteiger partial charge in [0.25, 0.3) is 0 Å². The third kappa shape index (κ3) is 3.11. The summed E-state index contributed by atoms with van der Waals surface area (Å²) in [5, 5.41) is 13.2. The van der Waals surface area contributed by atoms with Gasteiger partial charge in [0.1, 0.15) is 18.4 Å². The summed E-state index contributed by atoms with van der Waals surface area (Å²) in [5.41, 5.74) is 0.456. The molecular weight excluding hydrogens is 372 g/mol. The first-order valence-corrected chi connectivity index (χ1v) is 9.89. The first-order valence-electron chi connectivity index (χ1n) is 9.07. The molecule has 2 aromatic rings. The molecule has 9 nitrogen and oxygen atoms in total. The van der Waals surface area contributed by atoms with E-state index in [0.717, 1.165) is 11.3 Å². The number of anilines is 1. The van der Waals surface area contributed by atoms with Crippen LogP contribution in [0.5, 0.6) is 0 Å². The Morgan fingerprint density at radius 3 is 2.96 bits per heavy atom. The second-order valence-corrected chi connectivity index (χ2v) is 8.06. The number of ether oxygens (including phenoxy) is 2. The minimum atomic E-state index is -0.670. The van der Waals surface area contributed by atoms with Gasteiger partial charge in [-0.2, -0.15) is 4.98 Å². The maximum atomic E-state index is 12.7. The van der Waals surface area contributed by atoms with E-state index in [0.29, 0.717) is 23.2 Å².